The lowest BCUT2D eigenvalue weighted by molar-refractivity contribution is -0.148. The predicted molar refractivity (Wildman–Crippen MR) is 97.4 cm³/mol. The zero-order valence-electron chi connectivity index (χ0n) is 14.7. The fraction of sp³-hybridized carbons (Fsp3) is 0.294. The molecule has 2 heterocycles. The van der Waals surface area contributed by atoms with E-state index >= 15 is 0 Å². The number of thioether (sulfide) groups is 1. The molecule has 2 aromatic rings. The number of esters is 1. The number of imidazole rings is 1. The molecule has 0 radical (unpaired) electrons. The number of aryl methyl sites for hydroxylation is 2. The third kappa shape index (κ3) is 2.74. The van der Waals surface area contributed by atoms with Gasteiger partial charge < -0.3 is 4.74 Å². The van der Waals surface area contributed by atoms with Crippen LogP contribution in [0.5, 0.6) is 0 Å². The Kier molecular flexibility index (Phi) is 4.49. The summed E-state index contributed by atoms with van der Waals surface area (Å²) in [5, 5.41) is -0.521. The molecule has 0 saturated carbocycles. The fourth-order valence-corrected chi connectivity index (χ4v) is 3.76. The summed E-state index contributed by atoms with van der Waals surface area (Å²) in [6.07, 6.45) is 1.58. The molecule has 1 aliphatic heterocycles. The number of benzene rings is 1. The van der Waals surface area contributed by atoms with Crippen molar-refractivity contribution in [1.82, 2.24) is 14.0 Å². The second-order valence-corrected chi connectivity index (χ2v) is 6.89. The van der Waals surface area contributed by atoms with Crippen molar-refractivity contribution >= 4 is 46.0 Å². The molecule has 136 valence electrons. The monoisotopic (exact) mass is 375 g/mol. The predicted octanol–water partition coefficient (Wildman–Crippen LogP) is 1.47. The summed E-state index contributed by atoms with van der Waals surface area (Å²) in [5.41, 5.74) is 2.01. The molecule has 0 bridgehead atoms. The first-order chi connectivity index (χ1) is 12.3. The van der Waals surface area contributed by atoms with Crippen LogP contribution in [0.3, 0.4) is 0 Å². The normalized spacial score (nSPS) is 17.4. The highest BCUT2D eigenvalue weighted by molar-refractivity contribution is 8.18. The fourth-order valence-electron chi connectivity index (χ4n) is 2.85. The van der Waals surface area contributed by atoms with Crippen molar-refractivity contribution in [3.63, 3.8) is 0 Å². The molecule has 0 unspecified atom stereocenters. The van der Waals surface area contributed by atoms with Gasteiger partial charge in [-0.3, -0.25) is 23.6 Å². The van der Waals surface area contributed by atoms with E-state index in [9.17, 15) is 19.2 Å². The largest absolute Gasteiger partial charge is 0.467 e. The number of hydrogen-bond acceptors (Lipinski definition) is 6. The Bertz CT molecular complexity index is 1030. The van der Waals surface area contributed by atoms with Gasteiger partial charge in [0.25, 0.3) is 11.1 Å². The summed E-state index contributed by atoms with van der Waals surface area (Å²) in [4.78, 5) is 49.4. The van der Waals surface area contributed by atoms with Crippen LogP contribution in [-0.4, -0.2) is 44.3 Å². The van der Waals surface area contributed by atoms with Crippen molar-refractivity contribution in [2.45, 2.75) is 13.0 Å². The van der Waals surface area contributed by atoms with Crippen LogP contribution in [0, 0.1) is 0 Å². The van der Waals surface area contributed by atoms with Gasteiger partial charge in [-0.2, -0.15) is 0 Å². The Morgan fingerprint density at radius 3 is 2.46 bits per heavy atom. The molecular formula is C17H17N3O5S. The first kappa shape index (κ1) is 18.0. The minimum absolute atomic E-state index is 0.149. The van der Waals surface area contributed by atoms with E-state index in [0.717, 1.165) is 22.2 Å². The van der Waals surface area contributed by atoms with Gasteiger partial charge in [-0.25, -0.2) is 9.59 Å². The maximum atomic E-state index is 12.5. The van der Waals surface area contributed by atoms with E-state index in [2.05, 4.69) is 4.74 Å². The first-order valence-corrected chi connectivity index (χ1v) is 8.58. The number of hydrogen-bond donors (Lipinski definition) is 0. The lowest BCUT2D eigenvalue weighted by Crippen LogP contribution is -2.42. The van der Waals surface area contributed by atoms with Gasteiger partial charge in [0.05, 0.1) is 23.0 Å². The third-order valence-corrected chi connectivity index (χ3v) is 5.23. The van der Waals surface area contributed by atoms with Gasteiger partial charge in [0.15, 0.2) is 0 Å². The lowest BCUT2D eigenvalue weighted by Gasteiger charge is -2.18. The zero-order chi connectivity index (χ0) is 19.2. The SMILES string of the molecule is COC(=O)[C@H](C)N1C(=O)S/C(=C/c2ccc3c(c2)n(C)c(=O)n3C)C1=O. The minimum Gasteiger partial charge on any atom is -0.467 e. The Morgan fingerprint density at radius 1 is 1.15 bits per heavy atom. The van der Waals surface area contributed by atoms with E-state index < -0.39 is 23.2 Å². The topological polar surface area (TPSA) is 90.6 Å². The summed E-state index contributed by atoms with van der Waals surface area (Å²) in [6, 6.07) is 4.33. The molecule has 2 amide bonds. The van der Waals surface area contributed by atoms with Gasteiger partial charge in [-0.15, -0.1) is 0 Å². The van der Waals surface area contributed by atoms with Crippen LogP contribution in [0.4, 0.5) is 4.79 Å². The lowest BCUT2D eigenvalue weighted by atomic mass is 10.1. The van der Waals surface area contributed by atoms with Crippen LogP contribution in [0.1, 0.15) is 12.5 Å². The second-order valence-electron chi connectivity index (χ2n) is 5.90. The molecular weight excluding hydrogens is 358 g/mol. The molecule has 0 spiro atoms. The second kappa shape index (κ2) is 6.49. The summed E-state index contributed by atoms with van der Waals surface area (Å²) in [5.74, 6) is -1.20. The maximum Gasteiger partial charge on any atom is 0.328 e. The number of nitrogens with zero attached hydrogens (tertiary/aromatic N) is 3. The number of aromatic nitrogens is 2. The molecule has 1 aromatic heterocycles. The maximum absolute atomic E-state index is 12.5. The van der Waals surface area contributed by atoms with E-state index in [1.807, 2.05) is 0 Å². The number of amides is 2. The van der Waals surface area contributed by atoms with Crippen molar-refractivity contribution < 1.29 is 19.1 Å². The van der Waals surface area contributed by atoms with Gasteiger partial charge in [0.2, 0.25) is 0 Å². The number of carbonyl (C=O) groups is 3. The number of rotatable bonds is 3. The van der Waals surface area contributed by atoms with Crippen molar-refractivity contribution in [2.75, 3.05) is 7.11 Å². The molecule has 0 aliphatic carbocycles. The van der Waals surface area contributed by atoms with E-state index in [0.29, 0.717) is 11.1 Å². The van der Waals surface area contributed by atoms with Crippen LogP contribution in [-0.2, 0) is 28.4 Å². The summed E-state index contributed by atoms with van der Waals surface area (Å²) < 4.78 is 7.65. The number of ether oxygens (including phenoxy) is 1. The van der Waals surface area contributed by atoms with Crippen LogP contribution >= 0.6 is 11.8 Å². The molecule has 1 fully saturated rings. The Balaban J connectivity index is 1.98. The average molecular weight is 375 g/mol. The molecule has 1 saturated heterocycles. The summed E-state index contributed by atoms with van der Waals surface area (Å²) >= 11 is 0.768. The van der Waals surface area contributed by atoms with Gasteiger partial charge in [-0.1, -0.05) is 6.07 Å². The van der Waals surface area contributed by atoms with Crippen LogP contribution in [0.15, 0.2) is 27.9 Å². The smallest absolute Gasteiger partial charge is 0.328 e. The first-order valence-electron chi connectivity index (χ1n) is 7.76. The highest BCUT2D eigenvalue weighted by Crippen LogP contribution is 2.34. The number of fused-ring (bicyclic) bond motifs is 1. The van der Waals surface area contributed by atoms with Crippen molar-refractivity contribution in [1.29, 1.82) is 0 Å². The van der Waals surface area contributed by atoms with Crippen LogP contribution < -0.4 is 5.69 Å². The molecule has 1 atom stereocenters. The van der Waals surface area contributed by atoms with Crippen molar-refractivity contribution in [3.8, 4) is 0 Å². The van der Waals surface area contributed by atoms with Crippen LogP contribution in [0.2, 0.25) is 0 Å². The number of carbonyl (C=O) groups excluding carboxylic acids is 3. The average Bonchev–Trinajstić information content (AvgIpc) is 3.02. The molecule has 26 heavy (non-hydrogen) atoms. The summed E-state index contributed by atoms with van der Waals surface area (Å²) in [7, 11) is 4.55. The summed E-state index contributed by atoms with van der Waals surface area (Å²) in [6.45, 7) is 1.44. The van der Waals surface area contributed by atoms with E-state index in [1.165, 1.54) is 23.2 Å². The molecule has 1 aromatic carbocycles. The van der Waals surface area contributed by atoms with Gasteiger partial charge in [0, 0.05) is 14.1 Å². The number of methoxy groups -OCH3 is 1. The standard InChI is InChI=1S/C17H17N3O5S/c1-9(15(22)25-4)20-14(21)13(26-17(20)24)8-10-5-6-11-12(7-10)19(3)16(23)18(11)2/h5-9H,1-4H3/b13-8+/t9-/m0/s1. The zero-order valence-corrected chi connectivity index (χ0v) is 15.5. The Labute approximate surface area is 153 Å². The highest BCUT2D eigenvalue weighted by Gasteiger charge is 2.41. The van der Waals surface area contributed by atoms with E-state index in [1.54, 1.807) is 38.4 Å². The Hall–Kier alpha value is -2.81. The van der Waals surface area contributed by atoms with Gasteiger partial charge >= 0.3 is 11.7 Å². The van der Waals surface area contributed by atoms with Crippen LogP contribution in [0.25, 0.3) is 17.1 Å². The van der Waals surface area contributed by atoms with Gasteiger partial charge in [0.1, 0.15) is 6.04 Å². The molecule has 0 N–H and O–H groups in total. The minimum atomic E-state index is -0.990. The molecule has 9 heteroatoms. The number of imide groups is 1. The Morgan fingerprint density at radius 2 is 1.81 bits per heavy atom. The van der Waals surface area contributed by atoms with E-state index in [-0.39, 0.29) is 10.6 Å². The molecule has 3 rings (SSSR count). The van der Waals surface area contributed by atoms with E-state index in [4.69, 9.17) is 0 Å². The third-order valence-electron chi connectivity index (χ3n) is 4.35. The molecule has 8 nitrogen and oxygen atoms in total. The quantitative estimate of drug-likeness (QED) is 0.596. The van der Waals surface area contributed by atoms with Crippen molar-refractivity contribution in [2.24, 2.45) is 14.1 Å². The van der Waals surface area contributed by atoms with Crippen molar-refractivity contribution in [3.05, 3.63) is 39.2 Å². The highest BCUT2D eigenvalue weighted by atomic mass is 32.2. The van der Waals surface area contributed by atoms with Gasteiger partial charge in [-0.05, 0) is 42.5 Å². The molecule has 1 aliphatic rings.